The maximum absolute atomic E-state index is 12.5. The first-order valence-corrected chi connectivity index (χ1v) is 13.9. The van der Waals surface area contributed by atoms with Crippen LogP contribution in [0.1, 0.15) is 23.6 Å². The molecule has 3 aromatic rings. The average Bonchev–Trinajstić information content (AvgIpc) is 3.16. The lowest BCUT2D eigenvalue weighted by molar-refractivity contribution is -0.129. The van der Waals surface area contributed by atoms with Gasteiger partial charge in [0.15, 0.2) is 17.2 Å². The zero-order chi connectivity index (χ0) is 24.2. The quantitative estimate of drug-likeness (QED) is 0.139. The van der Waals surface area contributed by atoms with E-state index in [9.17, 15) is 4.79 Å². The van der Waals surface area contributed by atoms with Crippen LogP contribution in [0.3, 0.4) is 0 Å². The van der Waals surface area contributed by atoms with E-state index in [-0.39, 0.29) is 11.6 Å². The van der Waals surface area contributed by atoms with E-state index < -0.39 is 5.97 Å². The number of halogens is 4. The average molecular weight is 809 g/mol. The second kappa shape index (κ2) is 11.5. The van der Waals surface area contributed by atoms with E-state index in [1.165, 1.54) is 0 Å². The first kappa shape index (κ1) is 25.6. The largest absolute Gasteiger partial charge is 0.490 e. The van der Waals surface area contributed by atoms with Crippen LogP contribution in [0.25, 0.3) is 6.08 Å². The maximum Gasteiger partial charge on any atom is 0.363 e. The van der Waals surface area contributed by atoms with Crippen molar-refractivity contribution in [3.05, 3.63) is 93.1 Å². The van der Waals surface area contributed by atoms with Gasteiger partial charge in [-0.1, -0.05) is 18.2 Å². The smallest absolute Gasteiger partial charge is 0.363 e. The van der Waals surface area contributed by atoms with Crippen molar-refractivity contribution in [1.82, 2.24) is 0 Å². The van der Waals surface area contributed by atoms with Gasteiger partial charge in [0.2, 0.25) is 5.90 Å². The first-order chi connectivity index (χ1) is 16.4. The van der Waals surface area contributed by atoms with Crippen molar-refractivity contribution >= 4 is 95.0 Å². The van der Waals surface area contributed by atoms with E-state index in [4.69, 9.17) is 14.2 Å². The molecule has 0 saturated heterocycles. The summed E-state index contributed by atoms with van der Waals surface area (Å²) in [4.78, 5) is 16.9. The molecule has 0 spiro atoms. The summed E-state index contributed by atoms with van der Waals surface area (Å²) in [5, 5.41) is 0. The van der Waals surface area contributed by atoms with Gasteiger partial charge in [-0.05, 0) is 132 Å². The molecule has 0 amide bonds. The maximum atomic E-state index is 12.5. The monoisotopic (exact) mass is 807 g/mol. The molecular weight excluding hydrogens is 792 g/mol. The Morgan fingerprint density at radius 1 is 1.00 bits per heavy atom. The third-order valence-electron chi connectivity index (χ3n) is 4.75. The molecule has 9 heteroatoms. The molecule has 5 nitrogen and oxygen atoms in total. The molecule has 1 aliphatic rings. The van der Waals surface area contributed by atoms with Crippen LogP contribution < -0.4 is 9.47 Å². The Labute approximate surface area is 241 Å². The Morgan fingerprint density at radius 3 is 2.53 bits per heavy atom. The van der Waals surface area contributed by atoms with Gasteiger partial charge in [0.25, 0.3) is 0 Å². The number of aliphatic imine (C=N–C) groups is 1. The minimum absolute atomic E-state index is 0.214. The normalized spacial score (nSPS) is 14.2. The zero-order valence-electron chi connectivity index (χ0n) is 17.8. The Morgan fingerprint density at radius 2 is 1.79 bits per heavy atom. The van der Waals surface area contributed by atoms with Crippen molar-refractivity contribution in [2.75, 3.05) is 6.61 Å². The molecule has 0 unspecified atom stereocenters. The number of carbonyl (C=O) groups is 1. The second-order valence-corrected chi connectivity index (χ2v) is 11.1. The molecule has 0 fully saturated rings. The lowest BCUT2D eigenvalue weighted by atomic mass is 10.1. The highest BCUT2D eigenvalue weighted by molar-refractivity contribution is 14.1. The standard InChI is InChI=1S/C25H17Br2I2NO4/c1-2-32-22-11-14(9-18(27)23(22)33-13-16-5-3-4-6-19(16)28)10-21-25(31)34-24(30-21)15-7-8-20(29)17(26)12-15/h3-12H,2,13H2,1H3/b21-10-. The molecule has 1 heterocycles. The Hall–Kier alpha value is -1.44. The minimum Gasteiger partial charge on any atom is -0.490 e. The number of nitrogens with zero attached hydrogens (tertiary/aromatic N) is 1. The van der Waals surface area contributed by atoms with Crippen LogP contribution in [-0.4, -0.2) is 18.5 Å². The van der Waals surface area contributed by atoms with Crippen LogP contribution >= 0.6 is 77.0 Å². The third-order valence-corrected chi connectivity index (χ3v) is 8.73. The highest BCUT2D eigenvalue weighted by Gasteiger charge is 2.25. The number of hydrogen-bond acceptors (Lipinski definition) is 5. The van der Waals surface area contributed by atoms with Gasteiger partial charge in [-0.2, -0.15) is 0 Å². The molecule has 0 bridgehead atoms. The molecule has 34 heavy (non-hydrogen) atoms. The second-order valence-electron chi connectivity index (χ2n) is 7.11. The lowest BCUT2D eigenvalue weighted by Crippen LogP contribution is -2.05. The van der Waals surface area contributed by atoms with Crippen LogP contribution in [0.4, 0.5) is 0 Å². The van der Waals surface area contributed by atoms with Crippen molar-refractivity contribution in [2.24, 2.45) is 4.99 Å². The lowest BCUT2D eigenvalue weighted by Gasteiger charge is -2.15. The van der Waals surface area contributed by atoms with E-state index in [2.05, 4.69) is 82.0 Å². The number of rotatable bonds is 7. The van der Waals surface area contributed by atoms with Crippen LogP contribution in [0, 0.1) is 7.14 Å². The van der Waals surface area contributed by atoms with Crippen LogP contribution in [0.5, 0.6) is 11.5 Å². The van der Waals surface area contributed by atoms with Crippen molar-refractivity contribution in [3.63, 3.8) is 0 Å². The van der Waals surface area contributed by atoms with Gasteiger partial charge >= 0.3 is 5.97 Å². The Kier molecular flexibility index (Phi) is 8.70. The molecule has 0 radical (unpaired) electrons. The van der Waals surface area contributed by atoms with E-state index in [1.807, 2.05) is 61.5 Å². The van der Waals surface area contributed by atoms with Crippen molar-refractivity contribution < 1.29 is 19.0 Å². The predicted octanol–water partition coefficient (Wildman–Crippen LogP) is 7.74. The summed E-state index contributed by atoms with van der Waals surface area (Å²) in [6, 6.07) is 17.4. The highest BCUT2D eigenvalue weighted by atomic mass is 127. The van der Waals surface area contributed by atoms with Crippen molar-refractivity contribution in [2.45, 2.75) is 13.5 Å². The molecule has 0 N–H and O–H groups in total. The van der Waals surface area contributed by atoms with Gasteiger partial charge in [-0.15, -0.1) is 0 Å². The summed E-state index contributed by atoms with van der Waals surface area (Å²) < 4.78 is 21.2. The van der Waals surface area contributed by atoms with Crippen LogP contribution in [0.15, 0.2) is 74.2 Å². The molecule has 0 aromatic heterocycles. The van der Waals surface area contributed by atoms with E-state index in [1.54, 1.807) is 6.08 Å². The molecule has 0 aliphatic carbocycles. The number of carbonyl (C=O) groups excluding carboxylic acids is 1. The number of benzene rings is 3. The summed E-state index contributed by atoms with van der Waals surface area (Å²) in [6.45, 7) is 2.79. The molecule has 3 aromatic carbocycles. The Balaban J connectivity index is 1.62. The van der Waals surface area contributed by atoms with Crippen molar-refractivity contribution in [3.8, 4) is 11.5 Å². The number of cyclic esters (lactones) is 1. The zero-order valence-corrected chi connectivity index (χ0v) is 25.3. The fourth-order valence-corrected chi connectivity index (χ4v) is 4.99. The third kappa shape index (κ3) is 6.03. The minimum atomic E-state index is -0.502. The summed E-state index contributed by atoms with van der Waals surface area (Å²) in [5.41, 5.74) is 2.75. The van der Waals surface area contributed by atoms with E-state index in [0.717, 1.165) is 28.3 Å². The number of esters is 1. The van der Waals surface area contributed by atoms with Gasteiger partial charge in [0.1, 0.15) is 6.61 Å². The fraction of sp³-hybridized carbons (Fsp3) is 0.120. The predicted molar refractivity (Wildman–Crippen MR) is 156 cm³/mol. The molecule has 1 aliphatic heterocycles. The topological polar surface area (TPSA) is 57.1 Å². The number of hydrogen-bond donors (Lipinski definition) is 0. The fourth-order valence-electron chi connectivity index (χ4n) is 3.16. The Bertz CT molecular complexity index is 1320. The van der Waals surface area contributed by atoms with Gasteiger partial charge in [0, 0.05) is 22.7 Å². The highest BCUT2D eigenvalue weighted by Crippen LogP contribution is 2.38. The SMILES string of the molecule is CCOc1cc(/C=C2\N=C(c3ccc(I)c(Br)c3)OC2=O)cc(Br)c1OCc1ccccc1I. The summed E-state index contributed by atoms with van der Waals surface area (Å²) in [7, 11) is 0. The van der Waals surface area contributed by atoms with Crippen LogP contribution in [0.2, 0.25) is 0 Å². The molecule has 4 rings (SSSR count). The van der Waals surface area contributed by atoms with Gasteiger partial charge in [0.05, 0.1) is 11.1 Å². The summed E-state index contributed by atoms with van der Waals surface area (Å²) in [5.74, 6) is 0.949. The van der Waals surface area contributed by atoms with Crippen LogP contribution in [-0.2, 0) is 16.1 Å². The summed E-state index contributed by atoms with van der Waals surface area (Å²) in [6.07, 6.45) is 1.67. The molecular formula is C25H17Br2I2NO4. The van der Waals surface area contributed by atoms with E-state index >= 15 is 0 Å². The van der Waals surface area contributed by atoms with Gasteiger partial charge in [-0.3, -0.25) is 0 Å². The molecule has 0 atom stereocenters. The molecule has 174 valence electrons. The van der Waals surface area contributed by atoms with E-state index in [0.29, 0.717) is 29.2 Å². The molecule has 0 saturated carbocycles. The van der Waals surface area contributed by atoms with Gasteiger partial charge in [-0.25, -0.2) is 9.79 Å². The first-order valence-electron chi connectivity index (χ1n) is 10.2. The summed E-state index contributed by atoms with van der Waals surface area (Å²) >= 11 is 11.6. The van der Waals surface area contributed by atoms with Gasteiger partial charge < -0.3 is 14.2 Å². The van der Waals surface area contributed by atoms with Crippen molar-refractivity contribution in [1.29, 1.82) is 0 Å². The number of ether oxygens (including phenoxy) is 3.